The third-order valence-electron chi connectivity index (χ3n) is 9.49. The number of nitrogens with one attached hydrogen (secondary N) is 3. The van der Waals surface area contributed by atoms with Gasteiger partial charge in [-0.15, -0.1) is 6.58 Å². The highest BCUT2D eigenvalue weighted by atomic mass is 16.2. The Morgan fingerprint density at radius 3 is 2.22 bits per heavy atom. The van der Waals surface area contributed by atoms with Gasteiger partial charge in [-0.2, -0.15) is 5.26 Å². The van der Waals surface area contributed by atoms with Crippen LogP contribution in [-0.4, -0.2) is 67.4 Å². The van der Waals surface area contributed by atoms with Crippen LogP contribution in [-0.2, 0) is 11.2 Å². The number of aryl methyl sites for hydroxylation is 1. The van der Waals surface area contributed by atoms with Gasteiger partial charge in [-0.05, 0) is 122 Å². The van der Waals surface area contributed by atoms with Crippen molar-refractivity contribution in [1.82, 2.24) is 20.9 Å². The number of benzene rings is 1. The molecule has 9 nitrogen and oxygen atoms in total. The van der Waals surface area contributed by atoms with Crippen LogP contribution in [0.1, 0.15) is 129 Å². The van der Waals surface area contributed by atoms with E-state index in [-0.39, 0.29) is 48.4 Å². The molecule has 0 bridgehead atoms. The number of allylic oxidation sites excluding steroid dienone is 3. The Kier molecular flexibility index (Phi) is 22.5. The molecule has 1 saturated heterocycles. The van der Waals surface area contributed by atoms with Gasteiger partial charge in [-0.1, -0.05) is 57.1 Å². The highest BCUT2D eigenvalue weighted by Crippen LogP contribution is 2.52. The summed E-state index contributed by atoms with van der Waals surface area (Å²) in [4.78, 5) is 32.1. The topological polar surface area (TPSA) is 136 Å². The fraction of sp³-hybridized carbons (Fsp3) is 0.619. The fourth-order valence-electron chi connectivity index (χ4n) is 5.98. The summed E-state index contributed by atoms with van der Waals surface area (Å²) in [7, 11) is 3.45. The van der Waals surface area contributed by atoms with Crippen molar-refractivity contribution < 1.29 is 9.59 Å². The average Bonchev–Trinajstić information content (AvgIpc) is 3.54. The maximum atomic E-state index is 13.1. The first kappa shape index (κ1) is 47.1. The van der Waals surface area contributed by atoms with Crippen LogP contribution in [0.3, 0.4) is 0 Å². The number of aliphatic imine (C=N–C) groups is 1. The Balaban J connectivity index is 0.00000199. The molecule has 1 aromatic carbocycles. The standard InChI is InChI=1S/C32H48N6O2.C5H10.C3H7N.C2H6/c1-18(2)20(5)9-10-23-14-24(32(40)35-8)11-12-26(23)28(31(34)37-19(3)4)13-21(6)36-17-29(39)38-25(16-33)15-27-22(7)30(27)38;1-4-5(2)3;1-3-4-2;1-2/h11-12,14,19,21-22,25,27-28,30,36H,9-10,13,15,17H2,1-8H3,(H2,34,37)(H,35,40);2,4H2,1,3H3;3-4H,1H2,2H3;1-2H3/t21-,22?,25?,27?,28?,30?;;;/m1.../s1. The van der Waals surface area contributed by atoms with Crippen LogP contribution in [0.25, 0.3) is 0 Å². The second kappa shape index (κ2) is 24.3. The molecule has 286 valence electrons. The lowest BCUT2D eigenvalue weighted by Crippen LogP contribution is -2.45. The van der Waals surface area contributed by atoms with E-state index in [0.29, 0.717) is 29.7 Å². The van der Waals surface area contributed by atoms with Crippen LogP contribution >= 0.6 is 0 Å². The van der Waals surface area contributed by atoms with Crippen molar-refractivity contribution in [3.63, 3.8) is 0 Å². The molecule has 1 heterocycles. The molecule has 0 radical (unpaired) electrons. The van der Waals surface area contributed by atoms with Crippen molar-refractivity contribution in [2.75, 3.05) is 20.6 Å². The SMILES string of the molecule is C=C(C)CC.C=CNC.CC.CNC(=O)c1ccc(C(C[C@@H](C)NCC(=O)N2C(C#N)CC3C(C)C32)C(N)=NC(C)C)c(CCC(C)=C(C)C)c1. The molecule has 1 aliphatic heterocycles. The Morgan fingerprint density at radius 1 is 1.16 bits per heavy atom. The van der Waals surface area contributed by atoms with E-state index in [0.717, 1.165) is 36.8 Å². The van der Waals surface area contributed by atoms with Gasteiger partial charge >= 0.3 is 0 Å². The van der Waals surface area contributed by atoms with Gasteiger partial charge in [0.25, 0.3) is 5.91 Å². The minimum atomic E-state index is -0.317. The third kappa shape index (κ3) is 15.5. The first-order chi connectivity index (χ1) is 24.1. The predicted molar refractivity (Wildman–Crippen MR) is 217 cm³/mol. The van der Waals surface area contributed by atoms with Gasteiger partial charge in [0, 0.05) is 43.7 Å². The first-order valence-electron chi connectivity index (χ1n) is 18.8. The van der Waals surface area contributed by atoms with Crippen LogP contribution in [0.2, 0.25) is 0 Å². The summed E-state index contributed by atoms with van der Waals surface area (Å²) < 4.78 is 0. The van der Waals surface area contributed by atoms with Crippen molar-refractivity contribution in [3.05, 3.63) is 71.0 Å². The number of nitrogens with zero attached hydrogens (tertiary/aromatic N) is 3. The average molecular weight is 706 g/mol. The number of piperidine rings is 1. The molecule has 5 N–H and O–H groups in total. The zero-order chi connectivity index (χ0) is 39.4. The summed E-state index contributed by atoms with van der Waals surface area (Å²) in [5.74, 6) is 1.20. The van der Waals surface area contributed by atoms with Crippen molar-refractivity contribution in [2.45, 2.75) is 138 Å². The summed E-state index contributed by atoms with van der Waals surface area (Å²) >= 11 is 0. The van der Waals surface area contributed by atoms with Crippen molar-refractivity contribution in [3.8, 4) is 6.07 Å². The lowest BCUT2D eigenvalue weighted by molar-refractivity contribution is -0.131. The highest BCUT2D eigenvalue weighted by molar-refractivity contribution is 5.95. The van der Waals surface area contributed by atoms with Crippen molar-refractivity contribution in [1.29, 1.82) is 5.26 Å². The number of amidine groups is 1. The van der Waals surface area contributed by atoms with Crippen molar-refractivity contribution >= 4 is 17.6 Å². The molecule has 0 aromatic heterocycles. The van der Waals surface area contributed by atoms with Gasteiger partial charge in [-0.3, -0.25) is 14.6 Å². The highest BCUT2D eigenvalue weighted by Gasteiger charge is 2.59. The van der Waals surface area contributed by atoms with Crippen molar-refractivity contribution in [2.24, 2.45) is 22.6 Å². The van der Waals surface area contributed by atoms with E-state index < -0.39 is 0 Å². The number of hydrogen-bond acceptors (Lipinski definition) is 6. The van der Waals surface area contributed by atoms with E-state index in [1.54, 1.807) is 13.2 Å². The zero-order valence-corrected chi connectivity index (χ0v) is 34.2. The summed E-state index contributed by atoms with van der Waals surface area (Å²) in [6.45, 7) is 30.0. The molecule has 2 aliphatic rings. The van der Waals surface area contributed by atoms with Crippen LogP contribution < -0.4 is 21.7 Å². The van der Waals surface area contributed by atoms with Crippen LogP contribution in [0.5, 0.6) is 0 Å². The zero-order valence-electron chi connectivity index (χ0n) is 34.2. The Bertz CT molecular complexity index is 1370. The summed E-state index contributed by atoms with van der Waals surface area (Å²) in [5, 5.41) is 18.4. The molecule has 3 rings (SSSR count). The summed E-state index contributed by atoms with van der Waals surface area (Å²) in [6.07, 6.45) is 5.84. The number of fused-ring (bicyclic) bond motifs is 1. The van der Waals surface area contributed by atoms with E-state index in [1.165, 1.54) is 16.7 Å². The van der Waals surface area contributed by atoms with E-state index in [2.05, 4.69) is 76.7 Å². The molecule has 2 amide bonds. The van der Waals surface area contributed by atoms with Crippen LogP contribution in [0.4, 0.5) is 0 Å². The number of carbonyl (C=O) groups is 2. The molecular weight excluding hydrogens is 635 g/mol. The molecule has 1 aliphatic carbocycles. The molecule has 9 heteroatoms. The summed E-state index contributed by atoms with van der Waals surface area (Å²) in [6, 6.07) is 8.06. The normalized spacial score (nSPS) is 19.5. The van der Waals surface area contributed by atoms with Crippen LogP contribution in [0.15, 0.2) is 59.3 Å². The largest absolute Gasteiger partial charge is 0.394 e. The molecule has 5 unspecified atom stereocenters. The molecular formula is C42H71N7O2. The van der Waals surface area contributed by atoms with Gasteiger partial charge in [0.15, 0.2) is 0 Å². The second-order valence-electron chi connectivity index (χ2n) is 14.0. The molecule has 2 fully saturated rings. The third-order valence-corrected chi connectivity index (χ3v) is 9.49. The Labute approximate surface area is 311 Å². The summed E-state index contributed by atoms with van der Waals surface area (Å²) in [5.41, 5.74) is 13.3. The van der Waals surface area contributed by atoms with Crippen LogP contribution in [0, 0.1) is 23.2 Å². The number of likely N-dealkylation sites (tertiary alicyclic amines) is 1. The minimum absolute atomic E-state index is 0.0107. The van der Waals surface area contributed by atoms with Gasteiger partial charge in [0.05, 0.1) is 12.6 Å². The Morgan fingerprint density at radius 2 is 1.75 bits per heavy atom. The smallest absolute Gasteiger partial charge is 0.251 e. The molecule has 1 aromatic rings. The molecule has 51 heavy (non-hydrogen) atoms. The van der Waals surface area contributed by atoms with Gasteiger partial charge < -0.3 is 26.6 Å². The van der Waals surface area contributed by atoms with E-state index in [1.807, 2.05) is 64.8 Å². The maximum Gasteiger partial charge on any atom is 0.251 e. The number of hydrogen-bond donors (Lipinski definition) is 4. The fourth-order valence-corrected chi connectivity index (χ4v) is 5.98. The molecule has 6 atom stereocenters. The molecule has 1 saturated carbocycles. The number of nitriles is 1. The van der Waals surface area contributed by atoms with Gasteiger partial charge in [0.1, 0.15) is 11.9 Å². The second-order valence-corrected chi connectivity index (χ2v) is 14.0. The lowest BCUT2D eigenvalue weighted by Gasteiger charge is -2.27. The van der Waals surface area contributed by atoms with E-state index in [9.17, 15) is 14.9 Å². The minimum Gasteiger partial charge on any atom is -0.394 e. The Hall–Kier alpha value is -3.90. The number of carbonyl (C=O) groups excluding carboxylic acids is 2. The number of rotatable bonds is 14. The number of nitrogens with two attached hydrogens (primary N) is 1. The van der Waals surface area contributed by atoms with E-state index >= 15 is 0 Å². The quantitative estimate of drug-likeness (QED) is 0.0892. The van der Waals surface area contributed by atoms with Gasteiger partial charge in [-0.25, -0.2) is 0 Å². The number of amides is 2. The van der Waals surface area contributed by atoms with Gasteiger partial charge in [0.2, 0.25) is 5.91 Å². The first-order valence-corrected chi connectivity index (χ1v) is 18.8. The molecule has 0 spiro atoms. The monoisotopic (exact) mass is 706 g/mol. The maximum absolute atomic E-state index is 13.1. The predicted octanol–water partition coefficient (Wildman–Crippen LogP) is 7.66. The lowest BCUT2D eigenvalue weighted by atomic mass is 9.85. The van der Waals surface area contributed by atoms with E-state index in [4.69, 9.17) is 10.7 Å².